The Morgan fingerprint density at radius 1 is 0.882 bits per heavy atom. The van der Waals surface area contributed by atoms with Crippen LogP contribution in [0.4, 0.5) is 0 Å². The highest BCUT2D eigenvalue weighted by Crippen LogP contribution is 2.62. The van der Waals surface area contributed by atoms with Crippen LogP contribution in [0.3, 0.4) is 0 Å². The normalized spacial score (nSPS) is 13.1. The molecule has 0 heterocycles. The molecule has 0 spiro atoms. The van der Waals surface area contributed by atoms with Gasteiger partial charge in [0.1, 0.15) is 0 Å². The lowest BCUT2D eigenvalue weighted by atomic mass is 9.82. The summed E-state index contributed by atoms with van der Waals surface area (Å²) in [5, 5.41) is 0. The van der Waals surface area contributed by atoms with Gasteiger partial charge in [0.25, 0.3) is 0 Å². The molecule has 0 saturated heterocycles. The summed E-state index contributed by atoms with van der Waals surface area (Å²) in [5.74, 6) is 0. The largest absolute Gasteiger partial charge is 0.381 e. The van der Waals surface area contributed by atoms with Crippen molar-refractivity contribution in [2.45, 2.75) is 53.9 Å². The quantitative estimate of drug-likeness (QED) is 0.508. The van der Waals surface area contributed by atoms with Crippen LogP contribution < -0.4 is 0 Å². The number of methoxy groups -OCH3 is 1. The van der Waals surface area contributed by atoms with E-state index in [-0.39, 0.29) is 0 Å². The maximum absolute atomic E-state index is 5.34. The molecule has 0 aliphatic heterocycles. The molecule has 0 saturated carbocycles. The smallest absolute Gasteiger partial charge is 0.0828 e. The van der Waals surface area contributed by atoms with E-state index >= 15 is 0 Å². The minimum Gasteiger partial charge on any atom is -0.381 e. The minimum absolute atomic E-state index is 0.605. The average Bonchev–Trinajstić information content (AvgIpc) is 2.41. The first-order chi connectivity index (χ1) is 8.07. The Morgan fingerprint density at radius 3 is 1.65 bits per heavy atom. The highest BCUT2D eigenvalue weighted by atomic mass is 31.2. The lowest BCUT2D eigenvalue weighted by Crippen LogP contribution is -2.28. The van der Waals surface area contributed by atoms with Gasteiger partial charge in [-0.2, -0.15) is 0 Å². The van der Waals surface area contributed by atoms with Crippen LogP contribution >= 0.6 is 7.26 Å². The SMILES string of the molecule is CCC(CC)(CC)C[P+](CC)(CC)CCOC. The van der Waals surface area contributed by atoms with Crippen molar-refractivity contribution in [1.29, 1.82) is 0 Å². The van der Waals surface area contributed by atoms with Gasteiger partial charge in [-0.15, -0.1) is 0 Å². The van der Waals surface area contributed by atoms with Crippen molar-refractivity contribution in [2.24, 2.45) is 5.41 Å². The van der Waals surface area contributed by atoms with Crippen LogP contribution in [0.25, 0.3) is 0 Å². The first-order valence-electron chi connectivity index (χ1n) is 7.41. The van der Waals surface area contributed by atoms with Gasteiger partial charge in [-0.25, -0.2) is 0 Å². The molecule has 0 aliphatic rings. The topological polar surface area (TPSA) is 9.23 Å². The van der Waals surface area contributed by atoms with Crippen LogP contribution in [0.2, 0.25) is 0 Å². The third kappa shape index (κ3) is 4.87. The monoisotopic (exact) mass is 261 g/mol. The fourth-order valence-corrected chi connectivity index (χ4v) is 7.27. The Balaban J connectivity index is 4.81. The Morgan fingerprint density at radius 2 is 1.35 bits per heavy atom. The summed E-state index contributed by atoms with van der Waals surface area (Å²) in [5.41, 5.74) is 0.605. The van der Waals surface area contributed by atoms with E-state index in [9.17, 15) is 0 Å². The highest BCUT2D eigenvalue weighted by molar-refractivity contribution is 7.75. The second kappa shape index (κ2) is 8.48. The summed E-state index contributed by atoms with van der Waals surface area (Å²) in [7, 11) is 1.07. The molecule has 0 aromatic carbocycles. The fraction of sp³-hybridized carbons (Fsp3) is 1.00. The Hall–Kier alpha value is 0.390. The number of hydrogen-bond acceptors (Lipinski definition) is 1. The lowest BCUT2D eigenvalue weighted by Gasteiger charge is -2.37. The maximum atomic E-state index is 5.34. The molecule has 0 atom stereocenters. The fourth-order valence-electron chi connectivity index (χ4n) is 2.92. The van der Waals surface area contributed by atoms with Crippen molar-refractivity contribution in [3.63, 3.8) is 0 Å². The van der Waals surface area contributed by atoms with Crippen LogP contribution in [-0.4, -0.2) is 38.4 Å². The van der Waals surface area contributed by atoms with Gasteiger partial charge in [0.05, 0.1) is 31.3 Å². The predicted octanol–water partition coefficient (Wildman–Crippen LogP) is 4.91. The first-order valence-corrected chi connectivity index (χ1v) is 9.94. The van der Waals surface area contributed by atoms with E-state index in [1.165, 1.54) is 43.9 Å². The molecule has 0 unspecified atom stereocenters. The van der Waals surface area contributed by atoms with Gasteiger partial charge in [-0.1, -0.05) is 20.8 Å². The molecule has 0 N–H and O–H groups in total. The molecular formula is C15H34OP+. The molecule has 0 radical (unpaired) electrons. The molecule has 1 nitrogen and oxygen atoms in total. The van der Waals surface area contributed by atoms with Gasteiger partial charge < -0.3 is 4.74 Å². The van der Waals surface area contributed by atoms with E-state index in [2.05, 4.69) is 34.6 Å². The molecule has 17 heavy (non-hydrogen) atoms. The van der Waals surface area contributed by atoms with Crippen molar-refractivity contribution >= 4 is 7.26 Å². The first kappa shape index (κ1) is 17.4. The lowest BCUT2D eigenvalue weighted by molar-refractivity contribution is 0.216. The summed E-state index contributed by atoms with van der Waals surface area (Å²) < 4.78 is 5.34. The molecule has 0 rings (SSSR count). The zero-order valence-corrected chi connectivity index (χ0v) is 13.9. The summed E-state index contributed by atoms with van der Waals surface area (Å²) in [4.78, 5) is 0. The molecule has 0 fully saturated rings. The van der Waals surface area contributed by atoms with Gasteiger partial charge in [0.15, 0.2) is 0 Å². The second-order valence-corrected chi connectivity index (χ2v) is 10.1. The van der Waals surface area contributed by atoms with Crippen LogP contribution in [0.1, 0.15) is 53.9 Å². The van der Waals surface area contributed by atoms with Gasteiger partial charge >= 0.3 is 0 Å². The molecule has 0 bridgehead atoms. The second-order valence-electron chi connectivity index (χ2n) is 5.41. The average molecular weight is 261 g/mol. The zero-order chi connectivity index (χ0) is 13.4. The number of rotatable bonds is 10. The van der Waals surface area contributed by atoms with E-state index in [0.29, 0.717) is 5.41 Å². The van der Waals surface area contributed by atoms with E-state index in [4.69, 9.17) is 4.74 Å². The summed E-state index contributed by atoms with van der Waals surface area (Å²) >= 11 is 0. The van der Waals surface area contributed by atoms with E-state index in [1.54, 1.807) is 0 Å². The van der Waals surface area contributed by atoms with Crippen LogP contribution in [0.5, 0.6) is 0 Å². The molecule has 104 valence electrons. The van der Waals surface area contributed by atoms with Crippen molar-refractivity contribution < 1.29 is 4.74 Å². The maximum Gasteiger partial charge on any atom is 0.0828 e. The van der Waals surface area contributed by atoms with Gasteiger partial charge in [0.2, 0.25) is 0 Å². The van der Waals surface area contributed by atoms with Crippen molar-refractivity contribution in [3.8, 4) is 0 Å². The van der Waals surface area contributed by atoms with E-state index in [0.717, 1.165) is 6.61 Å². The van der Waals surface area contributed by atoms with Crippen LogP contribution in [0.15, 0.2) is 0 Å². The third-order valence-electron chi connectivity index (χ3n) is 5.03. The Labute approximate surface area is 110 Å². The predicted molar refractivity (Wildman–Crippen MR) is 82.9 cm³/mol. The molecular weight excluding hydrogens is 227 g/mol. The zero-order valence-electron chi connectivity index (χ0n) is 13.0. The van der Waals surface area contributed by atoms with Crippen molar-refractivity contribution in [1.82, 2.24) is 0 Å². The summed E-state index contributed by atoms with van der Waals surface area (Å²) in [6.07, 6.45) is 9.64. The number of hydrogen-bond donors (Lipinski definition) is 0. The van der Waals surface area contributed by atoms with Crippen LogP contribution in [0, 0.1) is 5.41 Å². The van der Waals surface area contributed by atoms with Gasteiger partial charge in [0, 0.05) is 19.8 Å². The molecule has 0 aromatic rings. The van der Waals surface area contributed by atoms with Gasteiger partial charge in [-0.05, 0) is 33.1 Å². The minimum atomic E-state index is -0.771. The van der Waals surface area contributed by atoms with Crippen molar-refractivity contribution in [2.75, 3.05) is 38.4 Å². The Kier molecular flexibility index (Phi) is 8.68. The van der Waals surface area contributed by atoms with Gasteiger partial charge in [-0.3, -0.25) is 0 Å². The highest BCUT2D eigenvalue weighted by Gasteiger charge is 2.41. The molecule has 2 heteroatoms. The van der Waals surface area contributed by atoms with Crippen molar-refractivity contribution in [3.05, 3.63) is 0 Å². The van der Waals surface area contributed by atoms with E-state index in [1.807, 2.05) is 7.11 Å². The third-order valence-corrected chi connectivity index (χ3v) is 10.2. The van der Waals surface area contributed by atoms with Crippen LogP contribution in [-0.2, 0) is 4.74 Å². The Bertz CT molecular complexity index is 175. The summed E-state index contributed by atoms with van der Waals surface area (Å²) in [6, 6.07) is 0. The standard InChI is InChI=1S/C15H34OP/c1-7-15(8-2,9-3)14-17(10-4,11-5)13-12-16-6/h7-14H2,1-6H3/q+1. The molecule has 0 amide bonds. The molecule has 0 aromatic heterocycles. The molecule has 0 aliphatic carbocycles. The number of ether oxygens (including phenoxy) is 1. The van der Waals surface area contributed by atoms with E-state index < -0.39 is 7.26 Å². The summed E-state index contributed by atoms with van der Waals surface area (Å²) in [6.45, 7) is 12.9.